The van der Waals surface area contributed by atoms with Crippen molar-refractivity contribution in [2.24, 2.45) is 10.2 Å². The van der Waals surface area contributed by atoms with Crippen LogP contribution in [-0.2, 0) is 0 Å². The van der Waals surface area contributed by atoms with Crippen molar-refractivity contribution >= 4 is 47.2 Å². The number of halogens is 3. The molecule has 0 aliphatic heterocycles. The van der Waals surface area contributed by atoms with Crippen LogP contribution in [0.2, 0.25) is 15.1 Å². The lowest BCUT2D eigenvalue weighted by molar-refractivity contribution is 1.26. The molecular formula is C15H11Cl3N2. The molecule has 0 aliphatic rings. The molecule has 0 heterocycles. The summed E-state index contributed by atoms with van der Waals surface area (Å²) in [6.07, 6.45) is 3.13. The minimum absolute atomic E-state index is 0.533. The van der Waals surface area contributed by atoms with Gasteiger partial charge in [-0.3, -0.25) is 0 Å². The van der Waals surface area contributed by atoms with Crippen molar-refractivity contribution in [1.29, 1.82) is 0 Å². The van der Waals surface area contributed by atoms with Gasteiger partial charge in [-0.25, -0.2) is 0 Å². The SMILES string of the molecule is Cc1cccc(Cl)c1/C=N/N=C/c1c(Cl)cccc1Cl. The molecule has 0 saturated carbocycles. The number of hydrogen-bond donors (Lipinski definition) is 0. The summed E-state index contributed by atoms with van der Waals surface area (Å²) in [7, 11) is 0. The van der Waals surface area contributed by atoms with Gasteiger partial charge < -0.3 is 0 Å². The van der Waals surface area contributed by atoms with Gasteiger partial charge >= 0.3 is 0 Å². The lowest BCUT2D eigenvalue weighted by Crippen LogP contribution is -1.88. The van der Waals surface area contributed by atoms with Gasteiger partial charge in [0, 0.05) is 16.1 Å². The van der Waals surface area contributed by atoms with E-state index in [-0.39, 0.29) is 0 Å². The number of rotatable bonds is 3. The average molecular weight is 326 g/mol. The summed E-state index contributed by atoms with van der Waals surface area (Å²) in [5.74, 6) is 0. The summed E-state index contributed by atoms with van der Waals surface area (Å²) in [5, 5.41) is 9.65. The van der Waals surface area contributed by atoms with Crippen molar-refractivity contribution < 1.29 is 0 Å². The van der Waals surface area contributed by atoms with Gasteiger partial charge in [0.25, 0.3) is 0 Å². The largest absolute Gasteiger partial charge is 0.158 e. The highest BCUT2D eigenvalue weighted by Gasteiger charge is 2.02. The Balaban J connectivity index is 2.20. The first-order valence-electron chi connectivity index (χ1n) is 5.85. The smallest absolute Gasteiger partial charge is 0.0598 e. The summed E-state index contributed by atoms with van der Waals surface area (Å²) < 4.78 is 0. The molecule has 0 N–H and O–H groups in total. The van der Waals surface area contributed by atoms with E-state index in [9.17, 15) is 0 Å². The molecule has 0 aromatic heterocycles. The Kier molecular flexibility index (Phi) is 5.18. The second kappa shape index (κ2) is 6.89. The Hall–Kier alpha value is -1.35. The van der Waals surface area contributed by atoms with Gasteiger partial charge in [-0.15, -0.1) is 0 Å². The Bertz CT molecular complexity index is 579. The van der Waals surface area contributed by atoms with E-state index >= 15 is 0 Å². The van der Waals surface area contributed by atoms with E-state index in [1.165, 1.54) is 6.21 Å². The number of hydrogen-bond acceptors (Lipinski definition) is 2. The first kappa shape index (κ1) is 15.0. The molecule has 0 unspecified atom stereocenters. The molecule has 2 rings (SSSR count). The third-order valence-electron chi connectivity index (χ3n) is 2.71. The second-order valence-electron chi connectivity index (χ2n) is 4.09. The first-order chi connectivity index (χ1) is 9.59. The maximum atomic E-state index is 6.09. The molecule has 2 aromatic rings. The highest BCUT2D eigenvalue weighted by Crippen LogP contribution is 2.22. The Morgan fingerprint density at radius 3 is 1.75 bits per heavy atom. The number of benzene rings is 2. The summed E-state index contributed by atoms with van der Waals surface area (Å²) >= 11 is 18.1. The molecule has 0 amide bonds. The summed E-state index contributed by atoms with van der Waals surface area (Å²) in [6, 6.07) is 10.9. The van der Waals surface area contributed by atoms with Gasteiger partial charge in [0.05, 0.1) is 22.5 Å². The molecule has 2 nitrogen and oxygen atoms in total. The fourth-order valence-corrected chi connectivity index (χ4v) is 2.39. The van der Waals surface area contributed by atoms with E-state index in [4.69, 9.17) is 34.8 Å². The molecule has 0 radical (unpaired) electrons. The molecule has 0 aliphatic carbocycles. The number of nitrogens with zero attached hydrogens (tertiary/aromatic N) is 2. The monoisotopic (exact) mass is 324 g/mol. The molecule has 2 aromatic carbocycles. The molecule has 5 heteroatoms. The van der Waals surface area contributed by atoms with Crippen LogP contribution in [0.4, 0.5) is 0 Å². The van der Waals surface area contributed by atoms with Crippen molar-refractivity contribution in [1.82, 2.24) is 0 Å². The quantitative estimate of drug-likeness (QED) is 0.532. The van der Waals surface area contributed by atoms with Crippen LogP contribution in [0.3, 0.4) is 0 Å². The van der Waals surface area contributed by atoms with Crippen LogP contribution in [0.5, 0.6) is 0 Å². The highest BCUT2D eigenvalue weighted by atomic mass is 35.5. The van der Waals surface area contributed by atoms with Crippen molar-refractivity contribution in [3.63, 3.8) is 0 Å². The zero-order chi connectivity index (χ0) is 14.5. The van der Waals surface area contributed by atoms with Gasteiger partial charge in [0.1, 0.15) is 0 Å². The van der Waals surface area contributed by atoms with Crippen LogP contribution >= 0.6 is 34.8 Å². The van der Waals surface area contributed by atoms with Crippen molar-refractivity contribution in [3.8, 4) is 0 Å². The minimum atomic E-state index is 0.533. The number of aryl methyl sites for hydroxylation is 1. The van der Waals surface area contributed by atoms with Crippen LogP contribution in [-0.4, -0.2) is 12.4 Å². The summed E-state index contributed by atoms with van der Waals surface area (Å²) in [4.78, 5) is 0. The third-order valence-corrected chi connectivity index (χ3v) is 3.70. The van der Waals surface area contributed by atoms with Crippen molar-refractivity contribution in [2.45, 2.75) is 6.92 Å². The van der Waals surface area contributed by atoms with Gasteiger partial charge in [-0.2, -0.15) is 10.2 Å². The van der Waals surface area contributed by atoms with Gasteiger partial charge in [0.15, 0.2) is 0 Å². The van der Waals surface area contributed by atoms with Crippen molar-refractivity contribution in [2.75, 3.05) is 0 Å². The van der Waals surface area contributed by atoms with Gasteiger partial charge in [-0.05, 0) is 30.7 Å². The summed E-state index contributed by atoms with van der Waals surface area (Å²) in [5.41, 5.74) is 2.52. The van der Waals surface area contributed by atoms with Gasteiger partial charge in [-0.1, -0.05) is 53.0 Å². The Morgan fingerprint density at radius 2 is 1.20 bits per heavy atom. The van der Waals surface area contributed by atoms with Crippen molar-refractivity contribution in [3.05, 3.63) is 68.2 Å². The van der Waals surface area contributed by atoms with Gasteiger partial charge in [0.2, 0.25) is 0 Å². The second-order valence-corrected chi connectivity index (χ2v) is 5.32. The lowest BCUT2D eigenvalue weighted by Gasteiger charge is -2.01. The van der Waals surface area contributed by atoms with E-state index in [1.54, 1.807) is 24.4 Å². The van der Waals surface area contributed by atoms with E-state index < -0.39 is 0 Å². The molecule has 0 bridgehead atoms. The fraction of sp³-hybridized carbons (Fsp3) is 0.0667. The molecule has 0 saturated heterocycles. The van der Waals surface area contributed by atoms with Crippen LogP contribution in [0.25, 0.3) is 0 Å². The fourth-order valence-electron chi connectivity index (χ4n) is 1.62. The zero-order valence-electron chi connectivity index (χ0n) is 10.6. The van der Waals surface area contributed by atoms with E-state index in [0.29, 0.717) is 20.6 Å². The first-order valence-corrected chi connectivity index (χ1v) is 6.98. The third kappa shape index (κ3) is 3.60. The normalized spacial score (nSPS) is 11.6. The van der Waals surface area contributed by atoms with Crippen LogP contribution in [0.15, 0.2) is 46.6 Å². The average Bonchev–Trinajstić information content (AvgIpc) is 2.40. The molecule has 102 valence electrons. The topological polar surface area (TPSA) is 24.7 Å². The molecule has 0 fully saturated rings. The maximum Gasteiger partial charge on any atom is 0.0598 e. The minimum Gasteiger partial charge on any atom is -0.158 e. The van der Waals surface area contributed by atoms with Crippen LogP contribution in [0, 0.1) is 6.92 Å². The maximum absolute atomic E-state index is 6.09. The predicted molar refractivity (Wildman–Crippen MR) is 87.8 cm³/mol. The van der Waals surface area contributed by atoms with E-state index in [1.807, 2.05) is 25.1 Å². The molecule has 20 heavy (non-hydrogen) atoms. The van der Waals surface area contributed by atoms with E-state index in [2.05, 4.69) is 10.2 Å². The Morgan fingerprint density at radius 1 is 0.750 bits per heavy atom. The lowest BCUT2D eigenvalue weighted by atomic mass is 10.1. The molecular weight excluding hydrogens is 315 g/mol. The van der Waals surface area contributed by atoms with Crippen LogP contribution in [0.1, 0.15) is 16.7 Å². The predicted octanol–water partition coefficient (Wildman–Crippen LogP) is 5.41. The standard InChI is InChI=1S/C15H11Cl3N2/c1-10-4-2-5-13(16)11(10)8-19-20-9-12-14(17)6-3-7-15(12)18/h2-9H,1H3/b19-8+,20-9+. The van der Waals surface area contributed by atoms with Crippen LogP contribution < -0.4 is 0 Å². The summed E-state index contributed by atoms with van der Waals surface area (Å²) in [6.45, 7) is 1.96. The molecule has 0 atom stereocenters. The zero-order valence-corrected chi connectivity index (χ0v) is 12.9. The van der Waals surface area contributed by atoms with E-state index in [0.717, 1.165) is 11.1 Å². The Labute approximate surface area is 132 Å². The highest BCUT2D eigenvalue weighted by molar-refractivity contribution is 6.38. The molecule has 0 spiro atoms.